The van der Waals surface area contributed by atoms with Gasteiger partial charge in [0, 0.05) is 49.1 Å². The van der Waals surface area contributed by atoms with Crippen molar-refractivity contribution >= 4 is 23.2 Å². The van der Waals surface area contributed by atoms with Gasteiger partial charge in [-0.1, -0.05) is 12.1 Å². The number of thiophene rings is 1. The highest BCUT2D eigenvalue weighted by atomic mass is 32.1. The SMILES string of the molecule is CC(=O)N1CCCN(C(=O)c2cc3c(s2)-c2ccccc2OC3)CC1. The summed E-state index contributed by atoms with van der Waals surface area (Å²) >= 11 is 1.54. The standard InChI is InChI=1S/C19H20N2O3S/c1-13(22)20-7-4-8-21(10-9-20)19(23)17-11-14-12-24-16-6-3-2-5-15(16)18(14)25-17/h2-3,5-6,11H,4,7-10,12H2,1H3. The lowest BCUT2D eigenvalue weighted by molar-refractivity contribution is -0.128. The molecule has 2 aromatic rings. The maximum Gasteiger partial charge on any atom is 0.264 e. The number of carbonyl (C=O) groups excluding carboxylic acids is 2. The minimum Gasteiger partial charge on any atom is -0.488 e. The number of ether oxygens (including phenoxy) is 1. The summed E-state index contributed by atoms with van der Waals surface area (Å²) in [6.45, 7) is 4.71. The van der Waals surface area contributed by atoms with E-state index in [9.17, 15) is 9.59 Å². The molecule has 1 saturated heterocycles. The molecule has 0 bridgehead atoms. The largest absolute Gasteiger partial charge is 0.488 e. The third kappa shape index (κ3) is 3.02. The number of fused-ring (bicyclic) bond motifs is 3. The van der Waals surface area contributed by atoms with Crippen molar-refractivity contribution in [3.8, 4) is 16.2 Å². The molecule has 2 aliphatic heterocycles. The smallest absolute Gasteiger partial charge is 0.264 e. The molecule has 5 nitrogen and oxygen atoms in total. The minimum atomic E-state index is 0.0577. The molecular formula is C19H20N2O3S. The second kappa shape index (κ2) is 6.52. The first kappa shape index (κ1) is 16.1. The molecule has 4 rings (SSSR count). The monoisotopic (exact) mass is 356 g/mol. The van der Waals surface area contributed by atoms with Crippen molar-refractivity contribution in [2.45, 2.75) is 20.0 Å². The average molecular weight is 356 g/mol. The van der Waals surface area contributed by atoms with Gasteiger partial charge in [0.2, 0.25) is 5.91 Å². The van der Waals surface area contributed by atoms with E-state index in [0.29, 0.717) is 26.2 Å². The van der Waals surface area contributed by atoms with Gasteiger partial charge in [-0.25, -0.2) is 0 Å². The van der Waals surface area contributed by atoms with Crippen LogP contribution >= 0.6 is 11.3 Å². The van der Waals surface area contributed by atoms with Crippen LogP contribution < -0.4 is 4.74 Å². The molecule has 6 heteroatoms. The van der Waals surface area contributed by atoms with Crippen LogP contribution in [0.4, 0.5) is 0 Å². The molecule has 0 aliphatic carbocycles. The number of para-hydroxylation sites is 1. The van der Waals surface area contributed by atoms with Crippen LogP contribution in [0, 0.1) is 0 Å². The number of carbonyl (C=O) groups is 2. The Balaban J connectivity index is 1.56. The van der Waals surface area contributed by atoms with Crippen LogP contribution in [0.3, 0.4) is 0 Å². The van der Waals surface area contributed by atoms with Crippen LogP contribution in [0.1, 0.15) is 28.6 Å². The lowest BCUT2D eigenvalue weighted by atomic mass is 10.1. The van der Waals surface area contributed by atoms with Gasteiger partial charge in [-0.2, -0.15) is 0 Å². The van der Waals surface area contributed by atoms with E-state index >= 15 is 0 Å². The van der Waals surface area contributed by atoms with Crippen LogP contribution in [0.25, 0.3) is 10.4 Å². The van der Waals surface area contributed by atoms with Crippen molar-refractivity contribution in [2.24, 2.45) is 0 Å². The fourth-order valence-corrected chi connectivity index (χ4v) is 4.56. The van der Waals surface area contributed by atoms with Crippen molar-refractivity contribution in [1.82, 2.24) is 9.80 Å². The van der Waals surface area contributed by atoms with Gasteiger partial charge in [-0.3, -0.25) is 9.59 Å². The number of hydrogen-bond donors (Lipinski definition) is 0. The summed E-state index contributed by atoms with van der Waals surface area (Å²) in [5.74, 6) is 1.01. The lowest BCUT2D eigenvalue weighted by Crippen LogP contribution is -2.36. The van der Waals surface area contributed by atoms with Crippen LogP contribution in [0.5, 0.6) is 5.75 Å². The van der Waals surface area contributed by atoms with E-state index in [1.165, 1.54) is 0 Å². The average Bonchev–Trinajstić information content (AvgIpc) is 2.91. The summed E-state index contributed by atoms with van der Waals surface area (Å²) in [6, 6.07) is 9.91. The zero-order chi connectivity index (χ0) is 17.4. The second-order valence-electron chi connectivity index (χ2n) is 6.40. The van der Waals surface area contributed by atoms with Crippen LogP contribution in [-0.4, -0.2) is 47.8 Å². The zero-order valence-electron chi connectivity index (χ0n) is 14.2. The zero-order valence-corrected chi connectivity index (χ0v) is 15.0. The van der Waals surface area contributed by atoms with Gasteiger partial charge in [-0.05, 0) is 24.6 Å². The van der Waals surface area contributed by atoms with Gasteiger partial charge in [-0.15, -0.1) is 11.3 Å². The van der Waals surface area contributed by atoms with Crippen molar-refractivity contribution in [1.29, 1.82) is 0 Å². The third-order valence-corrected chi connectivity index (χ3v) is 5.96. The van der Waals surface area contributed by atoms with E-state index in [0.717, 1.165) is 39.6 Å². The maximum absolute atomic E-state index is 13.0. The molecule has 0 spiro atoms. The Morgan fingerprint density at radius 1 is 1.08 bits per heavy atom. The minimum absolute atomic E-state index is 0.0577. The lowest BCUT2D eigenvalue weighted by Gasteiger charge is -2.20. The highest BCUT2D eigenvalue weighted by molar-refractivity contribution is 7.17. The predicted molar refractivity (Wildman–Crippen MR) is 96.9 cm³/mol. The highest BCUT2D eigenvalue weighted by Crippen LogP contribution is 2.42. The molecule has 2 aliphatic rings. The molecule has 1 aromatic carbocycles. The molecule has 130 valence electrons. The molecule has 25 heavy (non-hydrogen) atoms. The summed E-state index contributed by atoms with van der Waals surface area (Å²) < 4.78 is 5.79. The van der Waals surface area contributed by atoms with Gasteiger partial charge >= 0.3 is 0 Å². The van der Waals surface area contributed by atoms with E-state index in [2.05, 4.69) is 0 Å². The first-order chi connectivity index (χ1) is 12.1. The van der Waals surface area contributed by atoms with Crippen molar-refractivity contribution in [3.63, 3.8) is 0 Å². The molecular weight excluding hydrogens is 336 g/mol. The van der Waals surface area contributed by atoms with Crippen LogP contribution in [0.15, 0.2) is 30.3 Å². The number of rotatable bonds is 1. The van der Waals surface area contributed by atoms with Crippen molar-refractivity contribution < 1.29 is 14.3 Å². The van der Waals surface area contributed by atoms with Gasteiger partial charge in [0.15, 0.2) is 0 Å². The Hall–Kier alpha value is -2.34. The van der Waals surface area contributed by atoms with E-state index in [-0.39, 0.29) is 11.8 Å². The van der Waals surface area contributed by atoms with E-state index in [1.807, 2.05) is 40.1 Å². The topological polar surface area (TPSA) is 49.9 Å². The molecule has 3 heterocycles. The Labute approximate surface area is 150 Å². The Morgan fingerprint density at radius 3 is 2.68 bits per heavy atom. The van der Waals surface area contributed by atoms with Crippen molar-refractivity contribution in [2.75, 3.05) is 26.2 Å². The summed E-state index contributed by atoms with van der Waals surface area (Å²) in [5.41, 5.74) is 2.14. The maximum atomic E-state index is 13.0. The van der Waals surface area contributed by atoms with Gasteiger partial charge in [0.05, 0.1) is 4.88 Å². The third-order valence-electron chi connectivity index (χ3n) is 4.76. The molecule has 1 aromatic heterocycles. The summed E-state index contributed by atoms with van der Waals surface area (Å²) in [7, 11) is 0. The second-order valence-corrected chi connectivity index (χ2v) is 7.45. The fourth-order valence-electron chi connectivity index (χ4n) is 3.40. The van der Waals surface area contributed by atoms with E-state index in [4.69, 9.17) is 4.74 Å². The molecule has 2 amide bonds. The number of benzene rings is 1. The number of hydrogen-bond acceptors (Lipinski definition) is 4. The summed E-state index contributed by atoms with van der Waals surface area (Å²) in [4.78, 5) is 30.1. The van der Waals surface area contributed by atoms with E-state index < -0.39 is 0 Å². The first-order valence-electron chi connectivity index (χ1n) is 8.53. The van der Waals surface area contributed by atoms with Gasteiger partial charge in [0.25, 0.3) is 5.91 Å². The Kier molecular flexibility index (Phi) is 4.21. The Bertz CT molecular complexity index is 830. The van der Waals surface area contributed by atoms with E-state index in [1.54, 1.807) is 18.3 Å². The van der Waals surface area contributed by atoms with Crippen molar-refractivity contribution in [3.05, 3.63) is 40.8 Å². The summed E-state index contributed by atoms with van der Waals surface area (Å²) in [6.07, 6.45) is 0.822. The molecule has 0 radical (unpaired) electrons. The normalized spacial score (nSPS) is 16.5. The quantitative estimate of drug-likeness (QED) is 0.789. The van der Waals surface area contributed by atoms with Crippen LogP contribution in [-0.2, 0) is 11.4 Å². The van der Waals surface area contributed by atoms with Crippen LogP contribution in [0.2, 0.25) is 0 Å². The molecule has 0 N–H and O–H groups in total. The first-order valence-corrected chi connectivity index (χ1v) is 9.35. The number of amides is 2. The fraction of sp³-hybridized carbons (Fsp3) is 0.368. The van der Waals surface area contributed by atoms with Gasteiger partial charge < -0.3 is 14.5 Å². The number of nitrogens with zero attached hydrogens (tertiary/aromatic N) is 2. The molecule has 0 saturated carbocycles. The highest BCUT2D eigenvalue weighted by Gasteiger charge is 2.26. The Morgan fingerprint density at radius 2 is 1.84 bits per heavy atom. The molecule has 0 atom stereocenters. The van der Waals surface area contributed by atoms with Gasteiger partial charge in [0.1, 0.15) is 12.4 Å². The summed E-state index contributed by atoms with van der Waals surface area (Å²) in [5, 5.41) is 0. The molecule has 0 unspecified atom stereocenters. The predicted octanol–water partition coefficient (Wildman–Crippen LogP) is 3.00. The molecule has 1 fully saturated rings.